The van der Waals surface area contributed by atoms with Crippen molar-refractivity contribution < 1.29 is 19.1 Å². The molecule has 0 aromatic heterocycles. The van der Waals surface area contributed by atoms with Gasteiger partial charge in [0.2, 0.25) is 0 Å². The number of benzene rings is 2. The molecule has 0 saturated heterocycles. The van der Waals surface area contributed by atoms with Crippen LogP contribution in [0.25, 0.3) is 0 Å². The highest BCUT2D eigenvalue weighted by atomic mass is 16.5. The molecule has 144 valence electrons. The summed E-state index contributed by atoms with van der Waals surface area (Å²) in [7, 11) is 0. The van der Waals surface area contributed by atoms with E-state index in [1.807, 2.05) is 58.0 Å². The standard InChI is InChI=1S/C22H27NO4/c1-14(2)26-13-18-7-9-19(10-8-18)22(25)27-17(5)21(24)23-20-11-6-15(3)12-16(20)4/h6-12,14,17H,13H2,1-5H3,(H,23,24)/t17-/m0/s1. The molecule has 1 atom stereocenters. The molecule has 0 unspecified atom stereocenters. The van der Waals surface area contributed by atoms with Crippen molar-refractivity contribution in [1.29, 1.82) is 0 Å². The highest BCUT2D eigenvalue weighted by Gasteiger charge is 2.19. The van der Waals surface area contributed by atoms with E-state index in [4.69, 9.17) is 9.47 Å². The van der Waals surface area contributed by atoms with Crippen LogP contribution in [0, 0.1) is 13.8 Å². The quantitative estimate of drug-likeness (QED) is 0.734. The topological polar surface area (TPSA) is 64.6 Å². The molecular formula is C22H27NO4. The van der Waals surface area contributed by atoms with E-state index < -0.39 is 12.1 Å². The summed E-state index contributed by atoms with van der Waals surface area (Å²) in [5, 5.41) is 2.80. The summed E-state index contributed by atoms with van der Waals surface area (Å²) in [5.41, 5.74) is 4.16. The number of aryl methyl sites for hydroxylation is 2. The number of anilines is 1. The molecule has 2 aromatic carbocycles. The average Bonchev–Trinajstić information content (AvgIpc) is 2.62. The van der Waals surface area contributed by atoms with Crippen LogP contribution < -0.4 is 5.32 Å². The smallest absolute Gasteiger partial charge is 0.338 e. The predicted molar refractivity (Wildman–Crippen MR) is 106 cm³/mol. The fourth-order valence-corrected chi connectivity index (χ4v) is 2.47. The number of ether oxygens (including phenoxy) is 2. The molecule has 1 amide bonds. The third kappa shape index (κ3) is 6.22. The molecule has 0 bridgehead atoms. The summed E-state index contributed by atoms with van der Waals surface area (Å²) in [4.78, 5) is 24.6. The van der Waals surface area contributed by atoms with Crippen LogP contribution in [-0.4, -0.2) is 24.1 Å². The number of esters is 1. The van der Waals surface area contributed by atoms with Gasteiger partial charge in [0.05, 0.1) is 18.3 Å². The second kappa shape index (κ2) is 9.33. The van der Waals surface area contributed by atoms with Crippen molar-refractivity contribution >= 4 is 17.6 Å². The summed E-state index contributed by atoms with van der Waals surface area (Å²) < 4.78 is 10.8. The zero-order chi connectivity index (χ0) is 20.0. The number of carbonyl (C=O) groups is 2. The number of hydrogen-bond acceptors (Lipinski definition) is 4. The van der Waals surface area contributed by atoms with Crippen LogP contribution in [0.15, 0.2) is 42.5 Å². The minimum absolute atomic E-state index is 0.145. The number of carbonyl (C=O) groups excluding carboxylic acids is 2. The maximum Gasteiger partial charge on any atom is 0.338 e. The lowest BCUT2D eigenvalue weighted by molar-refractivity contribution is -0.123. The highest BCUT2D eigenvalue weighted by Crippen LogP contribution is 2.17. The molecule has 2 aromatic rings. The first kappa shape index (κ1) is 20.6. The third-order valence-electron chi connectivity index (χ3n) is 4.07. The van der Waals surface area contributed by atoms with Gasteiger partial charge in [0.1, 0.15) is 0 Å². The fraction of sp³-hybridized carbons (Fsp3) is 0.364. The lowest BCUT2D eigenvalue weighted by Gasteiger charge is -2.15. The minimum Gasteiger partial charge on any atom is -0.449 e. The molecule has 1 N–H and O–H groups in total. The fourth-order valence-electron chi connectivity index (χ4n) is 2.47. The van der Waals surface area contributed by atoms with Gasteiger partial charge in [-0.1, -0.05) is 29.8 Å². The molecule has 0 aliphatic carbocycles. The van der Waals surface area contributed by atoms with Crippen LogP contribution >= 0.6 is 0 Å². The number of nitrogens with one attached hydrogen (secondary N) is 1. The molecule has 0 saturated carbocycles. The highest BCUT2D eigenvalue weighted by molar-refractivity contribution is 5.97. The lowest BCUT2D eigenvalue weighted by Crippen LogP contribution is -2.30. The summed E-state index contributed by atoms with van der Waals surface area (Å²) >= 11 is 0. The third-order valence-corrected chi connectivity index (χ3v) is 4.07. The Kier molecular flexibility index (Phi) is 7.13. The minimum atomic E-state index is -0.901. The maximum atomic E-state index is 12.3. The van der Waals surface area contributed by atoms with E-state index in [1.165, 1.54) is 0 Å². The van der Waals surface area contributed by atoms with Crippen LogP contribution in [0.4, 0.5) is 5.69 Å². The number of hydrogen-bond donors (Lipinski definition) is 1. The summed E-state index contributed by atoms with van der Waals surface area (Å²) in [6, 6.07) is 12.7. The van der Waals surface area contributed by atoms with Crippen molar-refractivity contribution in [2.24, 2.45) is 0 Å². The Morgan fingerprint density at radius 2 is 1.67 bits per heavy atom. The van der Waals surface area contributed by atoms with E-state index in [1.54, 1.807) is 19.1 Å². The molecule has 0 aliphatic heterocycles. The number of rotatable bonds is 7. The Morgan fingerprint density at radius 3 is 2.26 bits per heavy atom. The largest absolute Gasteiger partial charge is 0.449 e. The van der Waals surface area contributed by atoms with Crippen molar-refractivity contribution in [3.8, 4) is 0 Å². The van der Waals surface area contributed by atoms with E-state index in [0.29, 0.717) is 17.9 Å². The maximum absolute atomic E-state index is 12.3. The van der Waals surface area contributed by atoms with Gasteiger partial charge in [-0.3, -0.25) is 4.79 Å². The lowest BCUT2D eigenvalue weighted by atomic mass is 10.1. The molecule has 0 heterocycles. The van der Waals surface area contributed by atoms with Crippen molar-refractivity contribution in [2.45, 2.75) is 53.4 Å². The monoisotopic (exact) mass is 369 g/mol. The van der Waals surface area contributed by atoms with Crippen LogP contribution in [0.2, 0.25) is 0 Å². The van der Waals surface area contributed by atoms with E-state index >= 15 is 0 Å². The molecule has 2 rings (SSSR count). The van der Waals surface area contributed by atoms with E-state index in [2.05, 4.69) is 5.32 Å². The summed E-state index contributed by atoms with van der Waals surface area (Å²) in [5.74, 6) is -0.896. The van der Waals surface area contributed by atoms with Gasteiger partial charge in [-0.05, 0) is 63.9 Å². The van der Waals surface area contributed by atoms with Crippen LogP contribution in [0.1, 0.15) is 47.8 Å². The van der Waals surface area contributed by atoms with Crippen molar-refractivity contribution in [2.75, 3.05) is 5.32 Å². The Hall–Kier alpha value is -2.66. The van der Waals surface area contributed by atoms with Gasteiger partial charge in [0.25, 0.3) is 5.91 Å². The number of amides is 1. The molecule has 27 heavy (non-hydrogen) atoms. The van der Waals surface area contributed by atoms with E-state index in [9.17, 15) is 9.59 Å². The molecule has 5 heteroatoms. The average molecular weight is 369 g/mol. The first-order valence-corrected chi connectivity index (χ1v) is 9.06. The predicted octanol–water partition coefficient (Wildman–Crippen LogP) is 4.41. The van der Waals surface area contributed by atoms with Gasteiger partial charge in [0, 0.05) is 5.69 Å². The van der Waals surface area contributed by atoms with Gasteiger partial charge in [-0.2, -0.15) is 0 Å². The van der Waals surface area contributed by atoms with E-state index in [0.717, 1.165) is 16.7 Å². The Bertz CT molecular complexity index is 796. The van der Waals surface area contributed by atoms with Crippen molar-refractivity contribution in [3.63, 3.8) is 0 Å². The molecule has 0 fully saturated rings. The van der Waals surface area contributed by atoms with Crippen LogP contribution in [0.5, 0.6) is 0 Å². The Balaban J connectivity index is 1.93. The van der Waals surface area contributed by atoms with Crippen molar-refractivity contribution in [1.82, 2.24) is 0 Å². The van der Waals surface area contributed by atoms with Crippen LogP contribution in [-0.2, 0) is 20.9 Å². The molecule has 5 nitrogen and oxygen atoms in total. The molecule has 0 aliphatic rings. The molecular weight excluding hydrogens is 342 g/mol. The van der Waals surface area contributed by atoms with Gasteiger partial charge in [0.15, 0.2) is 6.10 Å². The first-order valence-electron chi connectivity index (χ1n) is 9.06. The van der Waals surface area contributed by atoms with E-state index in [-0.39, 0.29) is 12.0 Å². The van der Waals surface area contributed by atoms with Crippen LogP contribution in [0.3, 0.4) is 0 Å². The van der Waals surface area contributed by atoms with Gasteiger partial charge < -0.3 is 14.8 Å². The Labute approximate surface area is 160 Å². The van der Waals surface area contributed by atoms with Gasteiger partial charge in [-0.15, -0.1) is 0 Å². The zero-order valence-electron chi connectivity index (χ0n) is 16.5. The summed E-state index contributed by atoms with van der Waals surface area (Å²) in [6.45, 7) is 9.89. The van der Waals surface area contributed by atoms with Gasteiger partial charge in [-0.25, -0.2) is 4.79 Å². The first-order chi connectivity index (χ1) is 12.8. The zero-order valence-corrected chi connectivity index (χ0v) is 16.5. The van der Waals surface area contributed by atoms with Crippen molar-refractivity contribution in [3.05, 3.63) is 64.7 Å². The Morgan fingerprint density at radius 1 is 1.00 bits per heavy atom. The molecule has 0 spiro atoms. The second-order valence-corrected chi connectivity index (χ2v) is 6.91. The van der Waals surface area contributed by atoms with Gasteiger partial charge >= 0.3 is 5.97 Å². The molecule has 0 radical (unpaired) electrons. The normalized spacial score (nSPS) is 11.9. The summed E-state index contributed by atoms with van der Waals surface area (Å²) in [6.07, 6.45) is -0.756. The SMILES string of the molecule is Cc1ccc(NC(=O)[C@H](C)OC(=O)c2ccc(COC(C)C)cc2)c(C)c1. The second-order valence-electron chi connectivity index (χ2n) is 6.91.